The molecule has 1 heterocycles. The minimum atomic E-state index is 0.717. The van der Waals surface area contributed by atoms with E-state index in [0.717, 1.165) is 22.9 Å². The van der Waals surface area contributed by atoms with E-state index in [1.807, 2.05) is 12.1 Å². The summed E-state index contributed by atoms with van der Waals surface area (Å²) in [5.41, 5.74) is 0. The molecule has 0 amide bonds. The lowest BCUT2D eigenvalue weighted by Crippen LogP contribution is -2.16. The van der Waals surface area contributed by atoms with Gasteiger partial charge in [-0.05, 0) is 40.4 Å². The molecule has 66 valence electrons. The van der Waals surface area contributed by atoms with Crippen molar-refractivity contribution < 1.29 is 4.42 Å². The van der Waals surface area contributed by atoms with Crippen LogP contribution >= 0.6 is 15.9 Å². The van der Waals surface area contributed by atoms with E-state index < -0.39 is 0 Å². The van der Waals surface area contributed by atoms with Crippen molar-refractivity contribution in [1.29, 1.82) is 0 Å². The minimum Gasteiger partial charge on any atom is -0.453 e. The summed E-state index contributed by atoms with van der Waals surface area (Å²) in [4.78, 5) is 0. The van der Waals surface area contributed by atoms with Crippen LogP contribution in [0, 0.1) is 5.92 Å². The van der Waals surface area contributed by atoms with Crippen molar-refractivity contribution in [1.82, 2.24) is 5.32 Å². The maximum Gasteiger partial charge on any atom is 0.169 e. The van der Waals surface area contributed by atoms with Crippen molar-refractivity contribution in [3.8, 4) is 0 Å². The van der Waals surface area contributed by atoms with Gasteiger partial charge in [-0.15, -0.1) is 0 Å². The Hall–Kier alpha value is -0.280. The first kappa shape index (κ1) is 8.32. The monoisotopic (exact) mass is 229 g/mol. The van der Waals surface area contributed by atoms with Crippen molar-refractivity contribution in [3.63, 3.8) is 0 Å². The Morgan fingerprint density at radius 2 is 2.42 bits per heavy atom. The molecule has 2 nitrogen and oxygen atoms in total. The molecule has 1 aliphatic rings. The third-order valence-electron chi connectivity index (χ3n) is 2.28. The average Bonchev–Trinajstić information content (AvgIpc) is 2.56. The van der Waals surface area contributed by atoms with Crippen molar-refractivity contribution in [2.45, 2.75) is 25.9 Å². The van der Waals surface area contributed by atoms with Gasteiger partial charge in [0.2, 0.25) is 0 Å². The largest absolute Gasteiger partial charge is 0.453 e. The Balaban J connectivity index is 1.80. The fourth-order valence-corrected chi connectivity index (χ4v) is 1.63. The molecule has 0 aromatic carbocycles. The number of hydrogen-bond acceptors (Lipinski definition) is 2. The summed E-state index contributed by atoms with van der Waals surface area (Å²) in [5, 5.41) is 3.42. The van der Waals surface area contributed by atoms with Gasteiger partial charge in [0, 0.05) is 6.04 Å². The first-order valence-corrected chi connectivity index (χ1v) is 5.02. The lowest BCUT2D eigenvalue weighted by molar-refractivity contribution is 0.461. The van der Waals surface area contributed by atoms with Crippen LogP contribution in [0.2, 0.25) is 0 Å². The maximum atomic E-state index is 5.35. The van der Waals surface area contributed by atoms with Crippen LogP contribution in [0.15, 0.2) is 21.2 Å². The van der Waals surface area contributed by atoms with Gasteiger partial charge in [0.05, 0.1) is 6.54 Å². The fraction of sp³-hybridized carbons (Fsp3) is 0.556. The van der Waals surface area contributed by atoms with Gasteiger partial charge < -0.3 is 9.73 Å². The van der Waals surface area contributed by atoms with E-state index in [1.54, 1.807) is 0 Å². The Labute approximate surface area is 80.5 Å². The van der Waals surface area contributed by atoms with E-state index >= 15 is 0 Å². The molecule has 1 fully saturated rings. The first-order valence-electron chi connectivity index (χ1n) is 4.23. The second kappa shape index (κ2) is 3.23. The van der Waals surface area contributed by atoms with Crippen LogP contribution in [0.5, 0.6) is 0 Å². The molecule has 1 aromatic heterocycles. The highest BCUT2D eigenvalue weighted by atomic mass is 79.9. The van der Waals surface area contributed by atoms with Crippen molar-refractivity contribution in [3.05, 3.63) is 22.6 Å². The molecule has 0 aliphatic heterocycles. The zero-order valence-corrected chi connectivity index (χ0v) is 8.60. The number of rotatable bonds is 3. The highest BCUT2D eigenvalue weighted by Crippen LogP contribution is 2.29. The van der Waals surface area contributed by atoms with Gasteiger partial charge in [-0.3, -0.25) is 0 Å². The molecule has 2 rings (SSSR count). The second-order valence-electron chi connectivity index (χ2n) is 3.41. The van der Waals surface area contributed by atoms with Gasteiger partial charge in [-0.2, -0.15) is 0 Å². The summed E-state index contributed by atoms with van der Waals surface area (Å²) in [6.45, 7) is 3.11. The second-order valence-corrected chi connectivity index (χ2v) is 4.19. The predicted molar refractivity (Wildman–Crippen MR) is 50.8 cm³/mol. The fourth-order valence-electron chi connectivity index (χ4n) is 1.28. The summed E-state index contributed by atoms with van der Waals surface area (Å²) in [5.74, 6) is 1.85. The lowest BCUT2D eigenvalue weighted by Gasteiger charge is -1.98. The van der Waals surface area contributed by atoms with Gasteiger partial charge in [-0.25, -0.2) is 0 Å². The third kappa shape index (κ3) is 1.90. The van der Waals surface area contributed by atoms with Crippen LogP contribution in [-0.2, 0) is 6.54 Å². The maximum absolute atomic E-state index is 5.35. The molecule has 0 spiro atoms. The number of halogens is 1. The highest BCUT2D eigenvalue weighted by Gasteiger charge is 2.31. The molecule has 1 aromatic rings. The molecule has 2 unspecified atom stereocenters. The summed E-state index contributed by atoms with van der Waals surface area (Å²) < 4.78 is 6.16. The Bertz CT molecular complexity index is 271. The van der Waals surface area contributed by atoms with Gasteiger partial charge in [0.25, 0.3) is 0 Å². The van der Waals surface area contributed by atoms with Crippen molar-refractivity contribution >= 4 is 15.9 Å². The van der Waals surface area contributed by atoms with Gasteiger partial charge in [-0.1, -0.05) is 6.92 Å². The van der Waals surface area contributed by atoms with E-state index in [4.69, 9.17) is 4.42 Å². The quantitative estimate of drug-likeness (QED) is 0.863. The normalized spacial score (nSPS) is 27.5. The van der Waals surface area contributed by atoms with Crippen LogP contribution in [0.4, 0.5) is 0 Å². The molecule has 0 radical (unpaired) electrons. The SMILES string of the molecule is CC1CC1NCc1ccc(Br)o1. The number of furan rings is 1. The summed E-state index contributed by atoms with van der Waals surface area (Å²) in [6, 6.07) is 4.63. The van der Waals surface area contributed by atoms with E-state index in [1.165, 1.54) is 6.42 Å². The molecular weight excluding hydrogens is 218 g/mol. The van der Waals surface area contributed by atoms with E-state index in [2.05, 4.69) is 28.2 Å². The molecule has 1 N–H and O–H groups in total. The van der Waals surface area contributed by atoms with Crippen LogP contribution in [0.1, 0.15) is 19.1 Å². The first-order chi connectivity index (χ1) is 5.75. The van der Waals surface area contributed by atoms with Gasteiger partial charge in [0.1, 0.15) is 5.76 Å². The zero-order valence-electron chi connectivity index (χ0n) is 7.01. The average molecular weight is 230 g/mol. The number of nitrogens with one attached hydrogen (secondary N) is 1. The van der Waals surface area contributed by atoms with Crippen molar-refractivity contribution in [2.24, 2.45) is 5.92 Å². The Morgan fingerprint density at radius 1 is 1.67 bits per heavy atom. The zero-order chi connectivity index (χ0) is 8.55. The molecule has 1 aliphatic carbocycles. The summed E-state index contributed by atoms with van der Waals surface area (Å²) in [7, 11) is 0. The topological polar surface area (TPSA) is 25.2 Å². The Morgan fingerprint density at radius 3 is 2.92 bits per heavy atom. The lowest BCUT2D eigenvalue weighted by atomic mass is 10.4. The van der Waals surface area contributed by atoms with Gasteiger partial charge in [0.15, 0.2) is 4.67 Å². The third-order valence-corrected chi connectivity index (χ3v) is 2.70. The molecule has 0 saturated heterocycles. The highest BCUT2D eigenvalue weighted by molar-refractivity contribution is 9.10. The molecular formula is C9H12BrNO. The van der Waals surface area contributed by atoms with Crippen molar-refractivity contribution in [2.75, 3.05) is 0 Å². The minimum absolute atomic E-state index is 0.717. The molecule has 1 saturated carbocycles. The van der Waals surface area contributed by atoms with Gasteiger partial charge >= 0.3 is 0 Å². The molecule has 2 atom stereocenters. The molecule has 12 heavy (non-hydrogen) atoms. The van der Waals surface area contributed by atoms with E-state index in [9.17, 15) is 0 Å². The van der Waals surface area contributed by atoms with Crippen LogP contribution < -0.4 is 5.32 Å². The summed E-state index contributed by atoms with van der Waals surface area (Å²) >= 11 is 3.27. The standard InChI is InChI=1S/C9H12BrNO/c1-6-4-8(6)11-5-7-2-3-9(10)12-7/h2-3,6,8,11H,4-5H2,1H3. The molecule has 3 heteroatoms. The van der Waals surface area contributed by atoms with E-state index in [-0.39, 0.29) is 0 Å². The number of hydrogen-bond donors (Lipinski definition) is 1. The van der Waals surface area contributed by atoms with E-state index in [0.29, 0.717) is 6.04 Å². The smallest absolute Gasteiger partial charge is 0.169 e. The summed E-state index contributed by atoms with van der Waals surface area (Å²) in [6.07, 6.45) is 1.31. The van der Waals surface area contributed by atoms with Crippen LogP contribution in [0.25, 0.3) is 0 Å². The van der Waals surface area contributed by atoms with Crippen LogP contribution in [0.3, 0.4) is 0 Å². The van der Waals surface area contributed by atoms with Crippen LogP contribution in [-0.4, -0.2) is 6.04 Å². The Kier molecular flexibility index (Phi) is 2.24. The molecule has 0 bridgehead atoms. The predicted octanol–water partition coefficient (Wildman–Crippen LogP) is 2.54.